The second-order valence-electron chi connectivity index (χ2n) is 5.95. The van der Waals surface area contributed by atoms with Gasteiger partial charge in [-0.05, 0) is 26.2 Å². The zero-order valence-electron chi connectivity index (χ0n) is 14.9. The van der Waals surface area contributed by atoms with E-state index in [1.807, 2.05) is 14.1 Å². The zero-order valence-corrected chi connectivity index (χ0v) is 14.9. The molecule has 0 bridgehead atoms. The Hall–Kier alpha value is -1.80. The van der Waals surface area contributed by atoms with Gasteiger partial charge in [0.1, 0.15) is 0 Å². The first-order valence-electron chi connectivity index (χ1n) is 8.44. The van der Waals surface area contributed by atoms with Gasteiger partial charge in [0.15, 0.2) is 0 Å². The number of fused-ring (bicyclic) bond motifs is 1. The molecule has 0 saturated carbocycles. The third-order valence-electron chi connectivity index (χ3n) is 3.76. The number of carbonyl (C=O) groups is 2. The molecule has 0 aromatic heterocycles. The first-order valence-corrected chi connectivity index (χ1v) is 8.44. The molecule has 7 nitrogen and oxygen atoms in total. The van der Waals surface area contributed by atoms with Gasteiger partial charge in [-0.2, -0.15) is 0 Å². The van der Waals surface area contributed by atoms with Gasteiger partial charge in [-0.25, -0.2) is 0 Å². The highest BCUT2D eigenvalue weighted by Crippen LogP contribution is 2.21. The summed E-state index contributed by atoms with van der Waals surface area (Å²) in [6.07, 6.45) is 0. The average molecular weight is 350 g/mol. The number of ether oxygens (including phenoxy) is 3. The maximum Gasteiger partial charge on any atom is 0.261 e. The Morgan fingerprint density at radius 1 is 0.800 bits per heavy atom. The minimum Gasteiger partial charge on any atom is -0.378 e. The van der Waals surface area contributed by atoms with Crippen LogP contribution in [0.1, 0.15) is 20.7 Å². The fourth-order valence-electron chi connectivity index (χ4n) is 2.39. The van der Waals surface area contributed by atoms with Crippen LogP contribution in [0.5, 0.6) is 0 Å². The van der Waals surface area contributed by atoms with Crippen molar-refractivity contribution in [1.29, 1.82) is 0 Å². The Labute approximate surface area is 148 Å². The first kappa shape index (κ1) is 19.5. The Morgan fingerprint density at radius 2 is 1.28 bits per heavy atom. The van der Waals surface area contributed by atoms with Crippen molar-refractivity contribution in [3.63, 3.8) is 0 Å². The molecule has 0 fully saturated rings. The summed E-state index contributed by atoms with van der Waals surface area (Å²) >= 11 is 0. The van der Waals surface area contributed by atoms with Crippen LogP contribution >= 0.6 is 0 Å². The molecule has 0 atom stereocenters. The molecule has 2 rings (SSSR count). The monoisotopic (exact) mass is 350 g/mol. The van der Waals surface area contributed by atoms with E-state index in [9.17, 15) is 9.59 Å². The molecule has 0 spiro atoms. The van der Waals surface area contributed by atoms with Crippen molar-refractivity contribution < 1.29 is 23.8 Å². The van der Waals surface area contributed by atoms with E-state index in [0.29, 0.717) is 50.8 Å². The van der Waals surface area contributed by atoms with Crippen LogP contribution in [-0.4, -0.2) is 88.4 Å². The lowest BCUT2D eigenvalue weighted by Crippen LogP contribution is -2.33. The molecule has 1 aliphatic rings. The van der Waals surface area contributed by atoms with Gasteiger partial charge in [0.25, 0.3) is 11.8 Å². The zero-order chi connectivity index (χ0) is 18.1. The molecule has 0 N–H and O–H groups in total. The molecule has 0 saturated heterocycles. The van der Waals surface area contributed by atoms with E-state index in [4.69, 9.17) is 14.2 Å². The summed E-state index contributed by atoms with van der Waals surface area (Å²) in [5.74, 6) is -0.509. The first-order chi connectivity index (χ1) is 12.1. The van der Waals surface area contributed by atoms with Crippen molar-refractivity contribution in [2.24, 2.45) is 0 Å². The third-order valence-corrected chi connectivity index (χ3v) is 3.76. The predicted molar refractivity (Wildman–Crippen MR) is 92.8 cm³/mol. The van der Waals surface area contributed by atoms with Crippen LogP contribution < -0.4 is 0 Å². The van der Waals surface area contributed by atoms with Crippen LogP contribution in [0.25, 0.3) is 0 Å². The van der Waals surface area contributed by atoms with Crippen molar-refractivity contribution in [2.75, 3.05) is 66.8 Å². The largest absolute Gasteiger partial charge is 0.378 e. The smallest absolute Gasteiger partial charge is 0.261 e. The van der Waals surface area contributed by atoms with Gasteiger partial charge in [0.05, 0.1) is 57.3 Å². The van der Waals surface area contributed by atoms with Crippen LogP contribution in [0.2, 0.25) is 0 Å². The van der Waals surface area contributed by atoms with Gasteiger partial charge < -0.3 is 19.1 Å². The van der Waals surface area contributed by atoms with Gasteiger partial charge in [-0.1, -0.05) is 12.1 Å². The second-order valence-corrected chi connectivity index (χ2v) is 5.95. The van der Waals surface area contributed by atoms with Crippen LogP contribution in [0, 0.1) is 0 Å². The van der Waals surface area contributed by atoms with Crippen molar-refractivity contribution in [1.82, 2.24) is 9.80 Å². The number of benzene rings is 1. The van der Waals surface area contributed by atoms with Gasteiger partial charge in [0.2, 0.25) is 0 Å². The maximum absolute atomic E-state index is 12.1. The van der Waals surface area contributed by atoms with Crippen LogP contribution in [0.4, 0.5) is 0 Å². The van der Waals surface area contributed by atoms with Crippen molar-refractivity contribution in [3.05, 3.63) is 35.4 Å². The van der Waals surface area contributed by atoms with Crippen LogP contribution in [-0.2, 0) is 14.2 Å². The number of likely N-dealkylation sites (N-methyl/N-ethyl adjacent to an activating group) is 1. The third kappa shape index (κ3) is 5.89. The Morgan fingerprint density at radius 3 is 1.80 bits per heavy atom. The molecule has 0 radical (unpaired) electrons. The fourth-order valence-corrected chi connectivity index (χ4v) is 2.39. The highest BCUT2D eigenvalue weighted by atomic mass is 16.5. The minimum absolute atomic E-state index is 0.250. The standard InChI is InChI=1S/C18H26N2O5/c1-19(2)7-9-23-11-13-25-14-12-24-10-8-20-17(21)15-5-3-4-6-16(15)18(20)22/h3-6H,7-14H2,1-2H3. The lowest BCUT2D eigenvalue weighted by molar-refractivity contribution is 0.00931. The molecule has 1 heterocycles. The van der Waals surface area contributed by atoms with Crippen LogP contribution in [0.15, 0.2) is 24.3 Å². The minimum atomic E-state index is -0.254. The molecular formula is C18H26N2O5. The molecular weight excluding hydrogens is 324 g/mol. The van der Waals surface area contributed by atoms with Gasteiger partial charge in [-0.15, -0.1) is 0 Å². The Kier molecular flexibility index (Phi) is 8.00. The van der Waals surface area contributed by atoms with E-state index in [-0.39, 0.29) is 18.4 Å². The Balaban J connectivity index is 1.50. The van der Waals surface area contributed by atoms with Crippen molar-refractivity contribution in [2.45, 2.75) is 0 Å². The van der Waals surface area contributed by atoms with E-state index in [2.05, 4.69) is 4.90 Å². The molecule has 2 amide bonds. The lowest BCUT2D eigenvalue weighted by Gasteiger charge is -2.14. The highest BCUT2D eigenvalue weighted by molar-refractivity contribution is 6.21. The number of hydrogen-bond acceptors (Lipinski definition) is 6. The van der Waals surface area contributed by atoms with Gasteiger partial charge >= 0.3 is 0 Å². The van der Waals surface area contributed by atoms with E-state index >= 15 is 0 Å². The maximum atomic E-state index is 12.1. The average Bonchev–Trinajstić information content (AvgIpc) is 2.84. The number of amides is 2. The quantitative estimate of drug-likeness (QED) is 0.412. The molecule has 1 aliphatic heterocycles. The summed E-state index contributed by atoms with van der Waals surface area (Å²) in [5, 5.41) is 0. The summed E-state index contributed by atoms with van der Waals surface area (Å²) < 4.78 is 16.2. The topological polar surface area (TPSA) is 68.3 Å². The van der Waals surface area contributed by atoms with Gasteiger partial charge in [-0.3, -0.25) is 14.5 Å². The van der Waals surface area contributed by atoms with E-state index in [0.717, 1.165) is 6.54 Å². The normalized spacial score (nSPS) is 13.8. The summed E-state index contributed by atoms with van der Waals surface area (Å²) in [6.45, 7) is 4.08. The van der Waals surface area contributed by atoms with E-state index in [1.54, 1.807) is 24.3 Å². The predicted octanol–water partition coefficient (Wildman–Crippen LogP) is 0.894. The molecule has 1 aromatic carbocycles. The molecule has 138 valence electrons. The molecule has 7 heteroatoms. The lowest BCUT2D eigenvalue weighted by atomic mass is 10.1. The molecule has 25 heavy (non-hydrogen) atoms. The SMILES string of the molecule is CN(C)CCOCCOCCOCCN1C(=O)c2ccccc2C1=O. The fraction of sp³-hybridized carbons (Fsp3) is 0.556. The summed E-state index contributed by atoms with van der Waals surface area (Å²) in [5.41, 5.74) is 0.926. The number of imide groups is 1. The number of nitrogens with zero attached hydrogens (tertiary/aromatic N) is 2. The summed E-state index contributed by atoms with van der Waals surface area (Å²) in [6, 6.07) is 6.85. The van der Waals surface area contributed by atoms with Crippen molar-refractivity contribution in [3.8, 4) is 0 Å². The van der Waals surface area contributed by atoms with E-state index in [1.165, 1.54) is 4.90 Å². The molecule has 1 aromatic rings. The van der Waals surface area contributed by atoms with Crippen molar-refractivity contribution >= 4 is 11.8 Å². The molecule has 0 unspecified atom stereocenters. The van der Waals surface area contributed by atoms with E-state index < -0.39 is 0 Å². The number of hydrogen-bond donors (Lipinski definition) is 0. The summed E-state index contributed by atoms with van der Waals surface area (Å²) in [4.78, 5) is 27.6. The van der Waals surface area contributed by atoms with Crippen LogP contribution in [0.3, 0.4) is 0 Å². The second kappa shape index (κ2) is 10.2. The number of rotatable bonds is 12. The van der Waals surface area contributed by atoms with Gasteiger partial charge in [0, 0.05) is 6.54 Å². The summed E-state index contributed by atoms with van der Waals surface area (Å²) in [7, 11) is 4.00. The highest BCUT2D eigenvalue weighted by Gasteiger charge is 2.34. The molecule has 0 aliphatic carbocycles. The number of carbonyl (C=O) groups excluding carboxylic acids is 2. The Bertz CT molecular complexity index is 541.